The van der Waals surface area contributed by atoms with Crippen LogP contribution in [0.5, 0.6) is 5.75 Å². The summed E-state index contributed by atoms with van der Waals surface area (Å²) < 4.78 is 11.7. The summed E-state index contributed by atoms with van der Waals surface area (Å²) in [6, 6.07) is 18.8. The lowest BCUT2D eigenvalue weighted by Gasteiger charge is -2.56. The zero-order valence-electron chi connectivity index (χ0n) is 25.8. The second-order valence-electron chi connectivity index (χ2n) is 12.8. The van der Waals surface area contributed by atoms with Crippen LogP contribution in [0.2, 0.25) is 0 Å². The molecule has 4 atom stereocenters. The van der Waals surface area contributed by atoms with Gasteiger partial charge in [-0.25, -0.2) is 0 Å². The Morgan fingerprint density at radius 1 is 1.07 bits per heavy atom. The highest BCUT2D eigenvalue weighted by Gasteiger charge is 2.53. The average molecular weight is 563 g/mol. The third-order valence-corrected chi connectivity index (χ3v) is 9.21. The Morgan fingerprint density at radius 2 is 1.85 bits per heavy atom. The lowest BCUT2D eigenvalue weighted by atomic mass is 9.56. The van der Waals surface area contributed by atoms with Crippen LogP contribution in [-0.4, -0.2) is 67.6 Å². The first-order valence-corrected chi connectivity index (χ1v) is 15.6. The number of piperidine rings is 1. The Hall–Kier alpha value is -2.70. The molecule has 2 aliphatic rings. The summed E-state index contributed by atoms with van der Waals surface area (Å²) in [6.45, 7) is 8.54. The molecule has 1 aliphatic carbocycles. The predicted molar refractivity (Wildman–Crippen MR) is 164 cm³/mol. The number of fused-ring (bicyclic) bond motifs is 1. The number of hydrogen-bond acceptors (Lipinski definition) is 5. The molecular formula is C35H50N2O4. The third kappa shape index (κ3) is 7.98. The molecule has 6 nitrogen and oxygen atoms in total. The Morgan fingerprint density at radius 3 is 2.56 bits per heavy atom. The summed E-state index contributed by atoms with van der Waals surface area (Å²) in [4.78, 5) is 30.2. The van der Waals surface area contributed by atoms with Crippen molar-refractivity contribution in [3.63, 3.8) is 0 Å². The van der Waals surface area contributed by atoms with Gasteiger partial charge in [0.1, 0.15) is 5.75 Å². The number of nitrogens with zero attached hydrogens (tertiary/aromatic N) is 2. The van der Waals surface area contributed by atoms with Gasteiger partial charge in [-0.1, -0.05) is 62.7 Å². The van der Waals surface area contributed by atoms with Crippen molar-refractivity contribution in [3.05, 3.63) is 65.7 Å². The van der Waals surface area contributed by atoms with Crippen LogP contribution in [0.3, 0.4) is 0 Å². The number of esters is 1. The van der Waals surface area contributed by atoms with Crippen LogP contribution < -0.4 is 4.74 Å². The second-order valence-corrected chi connectivity index (χ2v) is 12.8. The van der Waals surface area contributed by atoms with Crippen molar-refractivity contribution in [3.8, 4) is 5.75 Å². The van der Waals surface area contributed by atoms with Crippen molar-refractivity contribution in [1.82, 2.24) is 9.80 Å². The summed E-state index contributed by atoms with van der Waals surface area (Å²) in [6.07, 6.45) is 7.53. The van der Waals surface area contributed by atoms with Crippen LogP contribution in [-0.2, 0) is 26.2 Å². The van der Waals surface area contributed by atoms with Crippen molar-refractivity contribution >= 4 is 11.9 Å². The van der Waals surface area contributed by atoms with Crippen LogP contribution in [0.4, 0.5) is 0 Å². The van der Waals surface area contributed by atoms with E-state index in [1.165, 1.54) is 18.1 Å². The number of aryl methyl sites for hydroxylation is 1. The van der Waals surface area contributed by atoms with Crippen molar-refractivity contribution in [1.29, 1.82) is 0 Å². The smallest absolute Gasteiger partial charge is 0.308 e. The molecular weight excluding hydrogens is 512 g/mol. The molecule has 0 bridgehead atoms. The maximum absolute atomic E-state index is 13.9. The maximum Gasteiger partial charge on any atom is 0.308 e. The Bertz CT molecular complexity index is 1140. The predicted octanol–water partition coefficient (Wildman–Crippen LogP) is 6.27. The van der Waals surface area contributed by atoms with Gasteiger partial charge in [0.25, 0.3) is 0 Å². The minimum atomic E-state index is -0.312. The molecule has 41 heavy (non-hydrogen) atoms. The van der Waals surface area contributed by atoms with Gasteiger partial charge in [-0.15, -0.1) is 0 Å². The molecule has 6 heteroatoms. The quantitative estimate of drug-likeness (QED) is 0.173. The number of hydrogen-bond donors (Lipinski definition) is 0. The van der Waals surface area contributed by atoms with Crippen LogP contribution >= 0.6 is 0 Å². The molecule has 4 unspecified atom stereocenters. The minimum Gasteiger partial charge on any atom is -0.427 e. The number of benzene rings is 2. The molecule has 4 rings (SSSR count). The van der Waals surface area contributed by atoms with Gasteiger partial charge >= 0.3 is 5.97 Å². The van der Waals surface area contributed by atoms with Gasteiger partial charge in [0.15, 0.2) is 0 Å². The fraction of sp³-hybridized carbons (Fsp3) is 0.600. The van der Waals surface area contributed by atoms with Gasteiger partial charge < -0.3 is 19.3 Å². The fourth-order valence-corrected chi connectivity index (χ4v) is 7.27. The second kappa shape index (κ2) is 14.5. The highest BCUT2D eigenvalue weighted by molar-refractivity contribution is 5.76. The van der Waals surface area contributed by atoms with E-state index in [-0.39, 0.29) is 29.4 Å². The molecule has 2 fully saturated rings. The van der Waals surface area contributed by atoms with E-state index in [1.807, 2.05) is 19.2 Å². The lowest BCUT2D eigenvalue weighted by Crippen LogP contribution is -2.61. The van der Waals surface area contributed by atoms with Crippen LogP contribution in [0.1, 0.15) is 76.8 Å². The third-order valence-electron chi connectivity index (χ3n) is 9.21. The van der Waals surface area contributed by atoms with E-state index in [9.17, 15) is 9.59 Å². The standard InChI is InChI=1S/C35H50N2O4/c1-26(2)24-37(34(39)18-11-7-10-15-28-13-8-6-9-14-28)30-22-33(40-5)32-25-36(4)20-19-35(32,23-30)29-16-12-17-31(21-29)41-27(3)38/h6,8-9,12-14,16-17,21,26,30,32-33H,7,10-11,15,18-20,22-25H2,1-5H3. The zero-order chi connectivity index (χ0) is 29.4. The molecule has 1 aliphatic heterocycles. The Labute approximate surface area is 247 Å². The first kappa shape index (κ1) is 31.2. The number of carbonyl (C=O) groups excluding carboxylic acids is 2. The van der Waals surface area contributed by atoms with Crippen LogP contribution in [0.25, 0.3) is 0 Å². The first-order chi connectivity index (χ1) is 19.7. The average Bonchev–Trinajstić information content (AvgIpc) is 2.95. The summed E-state index contributed by atoms with van der Waals surface area (Å²) in [5, 5.41) is 0. The maximum atomic E-state index is 13.9. The highest BCUT2D eigenvalue weighted by Crippen LogP contribution is 2.51. The molecule has 1 saturated carbocycles. The molecule has 2 aromatic carbocycles. The number of likely N-dealkylation sites (tertiary alicyclic amines) is 1. The molecule has 0 aromatic heterocycles. The number of rotatable bonds is 12. The van der Waals surface area contributed by atoms with Gasteiger partial charge in [-0.3, -0.25) is 9.59 Å². The SMILES string of the molecule is COC1CC(N(CC(C)C)C(=O)CCCCCc2ccccc2)CC2(c3cccc(OC(C)=O)c3)CCN(C)CC12. The summed E-state index contributed by atoms with van der Waals surface area (Å²) in [7, 11) is 4.01. The number of ether oxygens (including phenoxy) is 2. The first-order valence-electron chi connectivity index (χ1n) is 15.6. The summed E-state index contributed by atoms with van der Waals surface area (Å²) in [5.74, 6) is 1.23. The van der Waals surface area contributed by atoms with Gasteiger partial charge in [0.05, 0.1) is 6.10 Å². The topological polar surface area (TPSA) is 59.1 Å². The molecule has 0 spiro atoms. The molecule has 0 N–H and O–H groups in total. The van der Waals surface area contributed by atoms with Crippen molar-refractivity contribution in [2.75, 3.05) is 33.8 Å². The number of unbranched alkanes of at least 4 members (excludes halogenated alkanes) is 2. The Balaban J connectivity index is 1.54. The van der Waals surface area contributed by atoms with E-state index < -0.39 is 0 Å². The zero-order valence-corrected chi connectivity index (χ0v) is 25.8. The largest absolute Gasteiger partial charge is 0.427 e. The van der Waals surface area contributed by atoms with E-state index in [0.717, 1.165) is 64.6 Å². The lowest BCUT2D eigenvalue weighted by molar-refractivity contribution is -0.140. The molecule has 1 heterocycles. The van der Waals surface area contributed by atoms with Crippen LogP contribution in [0, 0.1) is 11.8 Å². The number of amides is 1. The molecule has 1 amide bonds. The van der Waals surface area contributed by atoms with E-state index in [2.05, 4.69) is 73.2 Å². The van der Waals surface area contributed by atoms with Crippen LogP contribution in [0.15, 0.2) is 54.6 Å². The van der Waals surface area contributed by atoms with Crippen molar-refractivity contribution in [2.24, 2.45) is 11.8 Å². The van der Waals surface area contributed by atoms with Gasteiger partial charge in [-0.05, 0) is 81.3 Å². The van der Waals surface area contributed by atoms with E-state index in [0.29, 0.717) is 24.0 Å². The van der Waals surface area contributed by atoms with E-state index in [1.54, 1.807) is 0 Å². The van der Waals surface area contributed by atoms with E-state index in [4.69, 9.17) is 9.47 Å². The molecule has 0 radical (unpaired) electrons. The number of methoxy groups -OCH3 is 1. The highest BCUT2D eigenvalue weighted by atomic mass is 16.5. The summed E-state index contributed by atoms with van der Waals surface area (Å²) >= 11 is 0. The molecule has 1 saturated heterocycles. The van der Waals surface area contributed by atoms with Gasteiger partial charge in [0.2, 0.25) is 5.91 Å². The summed E-state index contributed by atoms with van der Waals surface area (Å²) in [5.41, 5.74) is 2.40. The van der Waals surface area contributed by atoms with Crippen molar-refractivity contribution < 1.29 is 19.1 Å². The molecule has 2 aromatic rings. The normalized spacial score (nSPS) is 24.6. The van der Waals surface area contributed by atoms with Gasteiger partial charge in [-0.2, -0.15) is 0 Å². The van der Waals surface area contributed by atoms with E-state index >= 15 is 0 Å². The van der Waals surface area contributed by atoms with Crippen molar-refractivity contribution in [2.45, 2.75) is 89.7 Å². The Kier molecular flexibility index (Phi) is 11.0. The number of carbonyl (C=O) groups is 2. The minimum absolute atomic E-state index is 0.0437. The molecule has 224 valence electrons. The fourth-order valence-electron chi connectivity index (χ4n) is 7.27. The van der Waals surface area contributed by atoms with Gasteiger partial charge in [0, 0.05) is 50.9 Å². The monoisotopic (exact) mass is 562 g/mol.